The minimum absolute atomic E-state index is 0.168. The monoisotopic (exact) mass is 456 g/mol. The van der Waals surface area contributed by atoms with Crippen LogP contribution in [0, 0.1) is 0 Å². The zero-order valence-electron chi connectivity index (χ0n) is 14.5. The van der Waals surface area contributed by atoms with Gasteiger partial charge in [-0.2, -0.15) is 0 Å². The van der Waals surface area contributed by atoms with Gasteiger partial charge < -0.3 is 9.73 Å². The van der Waals surface area contributed by atoms with E-state index in [1.807, 2.05) is 30.3 Å². The number of nitrogens with zero attached hydrogens (tertiary/aromatic N) is 1. The van der Waals surface area contributed by atoms with Gasteiger partial charge in [-0.3, -0.25) is 9.69 Å². The Hall–Kier alpha value is -2.83. The average molecular weight is 458 g/mol. The lowest BCUT2D eigenvalue weighted by Crippen LogP contribution is -2.30. The van der Waals surface area contributed by atoms with E-state index >= 15 is 0 Å². The van der Waals surface area contributed by atoms with E-state index in [1.54, 1.807) is 30.3 Å². The van der Waals surface area contributed by atoms with Crippen molar-refractivity contribution in [3.8, 4) is 11.3 Å². The summed E-state index contributed by atoms with van der Waals surface area (Å²) in [5, 5.41) is 3.19. The maximum Gasteiger partial charge on any atom is 0.329 e. The second-order valence-electron chi connectivity index (χ2n) is 6.21. The van der Waals surface area contributed by atoms with E-state index in [0.717, 1.165) is 20.5 Å². The first-order valence-electron chi connectivity index (χ1n) is 8.44. The molecular formula is C21H14BrClN2O3. The molecule has 5 nitrogen and oxygen atoms in total. The molecule has 2 aromatic carbocycles. The largest absolute Gasteiger partial charge is 0.457 e. The number of imide groups is 1. The van der Waals surface area contributed by atoms with Crippen molar-refractivity contribution in [1.29, 1.82) is 0 Å². The van der Waals surface area contributed by atoms with Crippen molar-refractivity contribution in [3.05, 3.63) is 87.2 Å². The highest BCUT2D eigenvalue weighted by atomic mass is 79.9. The molecule has 1 fully saturated rings. The van der Waals surface area contributed by atoms with Crippen molar-refractivity contribution in [3.63, 3.8) is 0 Å². The first-order chi connectivity index (χ1) is 13.5. The van der Waals surface area contributed by atoms with E-state index in [9.17, 15) is 9.59 Å². The molecule has 0 aliphatic carbocycles. The van der Waals surface area contributed by atoms with Gasteiger partial charge >= 0.3 is 6.03 Å². The molecule has 0 unspecified atom stereocenters. The van der Waals surface area contributed by atoms with Crippen molar-refractivity contribution in [1.82, 2.24) is 10.2 Å². The second-order valence-corrected chi connectivity index (χ2v) is 7.57. The lowest BCUT2D eigenvalue weighted by Gasteiger charge is -2.11. The third-order valence-corrected chi connectivity index (χ3v) is 5.04. The maximum absolute atomic E-state index is 12.6. The standard InChI is InChI=1S/C21H14BrClN2O3/c22-15-5-3-14(4-6-15)19-10-9-17(28-19)11-18-20(26)25(21(27)24-18)12-13-1-7-16(23)8-2-13/h1-11H,12H2,(H,24,27)/b18-11+. The summed E-state index contributed by atoms with van der Waals surface area (Å²) in [5.74, 6) is 0.755. The zero-order valence-corrected chi connectivity index (χ0v) is 16.8. The van der Waals surface area contributed by atoms with E-state index in [4.69, 9.17) is 16.0 Å². The molecule has 1 aliphatic heterocycles. The molecule has 3 aromatic rings. The number of rotatable bonds is 4. The number of carbonyl (C=O) groups excluding carboxylic acids is 2. The molecule has 1 N–H and O–H groups in total. The topological polar surface area (TPSA) is 62.6 Å². The maximum atomic E-state index is 12.6. The summed E-state index contributed by atoms with van der Waals surface area (Å²) in [7, 11) is 0. The molecule has 0 atom stereocenters. The molecule has 140 valence electrons. The van der Waals surface area contributed by atoms with Gasteiger partial charge in [-0.25, -0.2) is 4.79 Å². The lowest BCUT2D eigenvalue weighted by atomic mass is 10.2. The normalized spacial score (nSPS) is 15.4. The van der Waals surface area contributed by atoms with E-state index in [-0.39, 0.29) is 12.2 Å². The van der Waals surface area contributed by atoms with Crippen molar-refractivity contribution in [2.24, 2.45) is 0 Å². The van der Waals surface area contributed by atoms with E-state index in [1.165, 1.54) is 6.08 Å². The van der Waals surface area contributed by atoms with Crippen LogP contribution >= 0.6 is 27.5 Å². The number of halogens is 2. The van der Waals surface area contributed by atoms with Gasteiger partial charge in [0.1, 0.15) is 17.2 Å². The number of hydrogen-bond donors (Lipinski definition) is 1. The Kier molecular flexibility index (Phi) is 5.07. The SMILES string of the molecule is O=C1N/C(=C/c2ccc(-c3ccc(Br)cc3)o2)C(=O)N1Cc1ccc(Cl)cc1. The van der Waals surface area contributed by atoms with Crippen LogP contribution in [0.1, 0.15) is 11.3 Å². The zero-order chi connectivity index (χ0) is 19.7. The number of hydrogen-bond acceptors (Lipinski definition) is 3. The summed E-state index contributed by atoms with van der Waals surface area (Å²) in [4.78, 5) is 26.0. The molecule has 7 heteroatoms. The van der Waals surface area contributed by atoms with Crippen LogP contribution < -0.4 is 5.32 Å². The highest BCUT2D eigenvalue weighted by Gasteiger charge is 2.33. The van der Waals surface area contributed by atoms with Crippen LogP contribution in [0.15, 0.2) is 75.3 Å². The van der Waals surface area contributed by atoms with Gasteiger partial charge in [0.15, 0.2) is 0 Å². The minimum atomic E-state index is -0.467. The molecule has 0 saturated carbocycles. The Morgan fingerprint density at radius 3 is 2.43 bits per heavy atom. The molecule has 1 saturated heterocycles. The number of benzene rings is 2. The van der Waals surface area contributed by atoms with Gasteiger partial charge in [-0.1, -0.05) is 51.8 Å². The Labute approximate surface area is 174 Å². The average Bonchev–Trinajstić information content (AvgIpc) is 3.24. The summed E-state index contributed by atoms with van der Waals surface area (Å²) in [5.41, 5.74) is 1.90. The molecule has 1 aromatic heterocycles. The number of amides is 3. The summed E-state index contributed by atoms with van der Waals surface area (Å²) in [6, 6.07) is 17.8. The van der Waals surface area contributed by atoms with Gasteiger partial charge in [0, 0.05) is 21.1 Å². The molecular weight excluding hydrogens is 444 g/mol. The van der Waals surface area contributed by atoms with Gasteiger partial charge in [0.2, 0.25) is 0 Å². The third kappa shape index (κ3) is 3.88. The van der Waals surface area contributed by atoms with Crippen LogP contribution in [0.25, 0.3) is 17.4 Å². The van der Waals surface area contributed by atoms with Crippen LogP contribution in [-0.2, 0) is 11.3 Å². The van der Waals surface area contributed by atoms with Crippen molar-refractivity contribution >= 4 is 45.5 Å². The van der Waals surface area contributed by atoms with E-state index in [0.29, 0.717) is 16.5 Å². The number of furan rings is 1. The van der Waals surface area contributed by atoms with Crippen molar-refractivity contribution in [2.45, 2.75) is 6.54 Å². The fourth-order valence-corrected chi connectivity index (χ4v) is 3.22. The predicted octanol–water partition coefficient (Wildman–Crippen LogP) is 5.46. The number of carbonyl (C=O) groups is 2. The highest BCUT2D eigenvalue weighted by Crippen LogP contribution is 2.26. The lowest BCUT2D eigenvalue weighted by molar-refractivity contribution is -0.123. The molecule has 1 aliphatic rings. The predicted molar refractivity (Wildman–Crippen MR) is 110 cm³/mol. The van der Waals surface area contributed by atoms with Crippen LogP contribution in [0.3, 0.4) is 0 Å². The highest BCUT2D eigenvalue weighted by molar-refractivity contribution is 9.10. The summed E-state index contributed by atoms with van der Waals surface area (Å²) in [6.07, 6.45) is 1.53. The Morgan fingerprint density at radius 1 is 1.00 bits per heavy atom. The Bertz CT molecular complexity index is 1070. The number of urea groups is 1. The molecule has 0 radical (unpaired) electrons. The molecule has 28 heavy (non-hydrogen) atoms. The molecule has 3 amide bonds. The van der Waals surface area contributed by atoms with Crippen LogP contribution in [-0.4, -0.2) is 16.8 Å². The first kappa shape index (κ1) is 18.5. The van der Waals surface area contributed by atoms with Crippen LogP contribution in [0.4, 0.5) is 4.79 Å². The van der Waals surface area contributed by atoms with E-state index in [2.05, 4.69) is 21.2 Å². The van der Waals surface area contributed by atoms with Gasteiger partial charge in [0.05, 0.1) is 6.54 Å². The first-order valence-corrected chi connectivity index (χ1v) is 9.61. The second kappa shape index (κ2) is 7.66. The number of nitrogens with one attached hydrogen (secondary N) is 1. The van der Waals surface area contributed by atoms with Crippen molar-refractivity contribution < 1.29 is 14.0 Å². The third-order valence-electron chi connectivity index (χ3n) is 4.26. The molecule has 4 rings (SSSR count). The summed E-state index contributed by atoms with van der Waals surface area (Å²) >= 11 is 9.27. The fraction of sp³-hybridized carbons (Fsp3) is 0.0476. The smallest absolute Gasteiger partial charge is 0.329 e. The van der Waals surface area contributed by atoms with Gasteiger partial charge in [-0.15, -0.1) is 0 Å². The van der Waals surface area contributed by atoms with Gasteiger partial charge in [0.25, 0.3) is 5.91 Å². The van der Waals surface area contributed by atoms with E-state index < -0.39 is 11.9 Å². The molecule has 0 spiro atoms. The summed E-state index contributed by atoms with van der Waals surface area (Å²) in [6.45, 7) is 0.168. The summed E-state index contributed by atoms with van der Waals surface area (Å²) < 4.78 is 6.77. The van der Waals surface area contributed by atoms with Gasteiger partial charge in [-0.05, 0) is 42.0 Å². The minimum Gasteiger partial charge on any atom is -0.457 e. The quantitative estimate of drug-likeness (QED) is 0.418. The van der Waals surface area contributed by atoms with Crippen molar-refractivity contribution in [2.75, 3.05) is 0 Å². The Morgan fingerprint density at radius 2 is 1.71 bits per heavy atom. The van der Waals surface area contributed by atoms with Crippen LogP contribution in [0.5, 0.6) is 0 Å². The Balaban J connectivity index is 1.52. The molecule has 0 bridgehead atoms. The molecule has 2 heterocycles. The fourth-order valence-electron chi connectivity index (χ4n) is 2.83. The van der Waals surface area contributed by atoms with Crippen LogP contribution in [0.2, 0.25) is 5.02 Å².